The van der Waals surface area contributed by atoms with Crippen molar-refractivity contribution < 1.29 is 14.0 Å². The predicted molar refractivity (Wildman–Crippen MR) is 77.2 cm³/mol. The van der Waals surface area contributed by atoms with Gasteiger partial charge in [-0.05, 0) is 30.5 Å². The zero-order valence-electron chi connectivity index (χ0n) is 12.0. The van der Waals surface area contributed by atoms with Crippen molar-refractivity contribution in [3.63, 3.8) is 0 Å². The molecule has 0 bridgehead atoms. The molecule has 6 heteroatoms. The maximum Gasteiger partial charge on any atom is 0.264 e. The van der Waals surface area contributed by atoms with Crippen LogP contribution in [0.4, 0.5) is 4.39 Å². The Kier molecular flexibility index (Phi) is 4.18. The fraction of sp³-hybridized carbons (Fsp3) is 0.400. The molecule has 1 aromatic rings. The maximum atomic E-state index is 12.9. The minimum Gasteiger partial charge on any atom is -0.319 e. The monoisotopic (exact) mass is 291 g/mol. The molecule has 1 aliphatic rings. The fourth-order valence-electron chi connectivity index (χ4n) is 2.27. The number of nitrogens with two attached hydrogens (primary N) is 1. The van der Waals surface area contributed by atoms with Gasteiger partial charge in [0.25, 0.3) is 5.91 Å². The molecule has 1 aliphatic heterocycles. The highest BCUT2D eigenvalue weighted by Crippen LogP contribution is 2.24. The molecule has 2 rings (SSSR count). The second-order valence-electron chi connectivity index (χ2n) is 5.14. The van der Waals surface area contributed by atoms with Crippen molar-refractivity contribution >= 4 is 17.6 Å². The van der Waals surface area contributed by atoms with Crippen LogP contribution in [-0.2, 0) is 9.59 Å². The summed E-state index contributed by atoms with van der Waals surface area (Å²) in [7, 11) is 0. The number of nitrogens with one attached hydrogen (secondary N) is 1. The average molecular weight is 291 g/mol. The average Bonchev–Trinajstić information content (AvgIpc) is 2.47. The number of amides is 2. The molecule has 3 N–H and O–H groups in total. The standard InChI is InChI=1S/C15H18FN3O2/c1-3-15(17,4-2)14-18-12(20)11(13(21)19-14)9-5-7-10(16)8-6-9/h5-8,11H,3-4,17H2,1-2H3,(H,18,19,20,21). The van der Waals surface area contributed by atoms with Gasteiger partial charge in [0.05, 0.1) is 5.54 Å². The van der Waals surface area contributed by atoms with E-state index in [-0.39, 0.29) is 5.84 Å². The largest absolute Gasteiger partial charge is 0.319 e. The van der Waals surface area contributed by atoms with Crippen LogP contribution >= 0.6 is 0 Å². The molecule has 0 aromatic heterocycles. The van der Waals surface area contributed by atoms with Crippen molar-refractivity contribution in [1.29, 1.82) is 0 Å². The maximum absolute atomic E-state index is 12.9. The second-order valence-corrected chi connectivity index (χ2v) is 5.14. The summed E-state index contributed by atoms with van der Waals surface area (Å²) in [6.07, 6.45) is 1.11. The molecule has 21 heavy (non-hydrogen) atoms. The molecule has 0 fully saturated rings. The molecule has 1 heterocycles. The van der Waals surface area contributed by atoms with Gasteiger partial charge in [0.1, 0.15) is 17.6 Å². The third kappa shape index (κ3) is 2.85. The summed E-state index contributed by atoms with van der Waals surface area (Å²) in [4.78, 5) is 28.4. The number of carbonyl (C=O) groups excluding carboxylic acids is 2. The van der Waals surface area contributed by atoms with E-state index >= 15 is 0 Å². The van der Waals surface area contributed by atoms with Gasteiger partial charge in [-0.2, -0.15) is 4.99 Å². The second kappa shape index (κ2) is 5.73. The summed E-state index contributed by atoms with van der Waals surface area (Å²) in [6, 6.07) is 5.24. The van der Waals surface area contributed by atoms with Crippen molar-refractivity contribution in [1.82, 2.24) is 5.32 Å². The van der Waals surface area contributed by atoms with Crippen molar-refractivity contribution in [2.45, 2.75) is 38.1 Å². The topological polar surface area (TPSA) is 84.5 Å². The van der Waals surface area contributed by atoms with Gasteiger partial charge in [-0.3, -0.25) is 9.59 Å². The summed E-state index contributed by atoms with van der Waals surface area (Å²) in [6.45, 7) is 3.74. The van der Waals surface area contributed by atoms with E-state index in [4.69, 9.17) is 5.73 Å². The highest BCUT2D eigenvalue weighted by molar-refractivity contribution is 6.21. The van der Waals surface area contributed by atoms with Crippen LogP contribution in [0.5, 0.6) is 0 Å². The summed E-state index contributed by atoms with van der Waals surface area (Å²) >= 11 is 0. The van der Waals surface area contributed by atoms with E-state index in [2.05, 4.69) is 10.3 Å². The number of carbonyl (C=O) groups is 2. The first-order chi connectivity index (χ1) is 9.91. The van der Waals surface area contributed by atoms with Gasteiger partial charge in [-0.1, -0.05) is 26.0 Å². The number of nitrogens with zero attached hydrogens (tertiary/aromatic N) is 1. The number of hydrogen-bond donors (Lipinski definition) is 2. The van der Waals surface area contributed by atoms with E-state index in [1.165, 1.54) is 24.3 Å². The summed E-state index contributed by atoms with van der Waals surface area (Å²) in [5.41, 5.74) is 5.75. The smallest absolute Gasteiger partial charge is 0.264 e. The number of aliphatic imine (C=N–C) groups is 1. The number of halogens is 1. The molecule has 0 spiro atoms. The highest BCUT2D eigenvalue weighted by atomic mass is 19.1. The van der Waals surface area contributed by atoms with Crippen LogP contribution in [0.3, 0.4) is 0 Å². The quantitative estimate of drug-likeness (QED) is 0.824. The number of hydrogen-bond acceptors (Lipinski definition) is 3. The van der Waals surface area contributed by atoms with Crippen LogP contribution in [0, 0.1) is 5.82 Å². The molecule has 0 saturated heterocycles. The van der Waals surface area contributed by atoms with E-state index < -0.39 is 29.1 Å². The molecule has 0 saturated carbocycles. The molecular weight excluding hydrogens is 273 g/mol. The van der Waals surface area contributed by atoms with E-state index in [0.717, 1.165) is 0 Å². The van der Waals surface area contributed by atoms with Gasteiger partial charge >= 0.3 is 0 Å². The van der Waals surface area contributed by atoms with Gasteiger partial charge in [0.2, 0.25) is 5.91 Å². The molecule has 5 nitrogen and oxygen atoms in total. The van der Waals surface area contributed by atoms with Crippen LogP contribution in [0.15, 0.2) is 29.3 Å². The Balaban J connectivity index is 2.35. The third-order valence-corrected chi connectivity index (χ3v) is 3.91. The zero-order valence-corrected chi connectivity index (χ0v) is 12.0. The van der Waals surface area contributed by atoms with Crippen LogP contribution in [0.25, 0.3) is 0 Å². The summed E-state index contributed by atoms with van der Waals surface area (Å²) < 4.78 is 12.9. The molecule has 1 unspecified atom stereocenters. The van der Waals surface area contributed by atoms with Crippen molar-refractivity contribution in [2.75, 3.05) is 0 Å². The van der Waals surface area contributed by atoms with Gasteiger partial charge < -0.3 is 11.1 Å². The summed E-state index contributed by atoms with van der Waals surface area (Å²) in [5.74, 6) is -2.32. The minimum absolute atomic E-state index is 0.209. The zero-order chi connectivity index (χ0) is 15.6. The van der Waals surface area contributed by atoms with Gasteiger partial charge in [0, 0.05) is 0 Å². The van der Waals surface area contributed by atoms with E-state index in [0.29, 0.717) is 18.4 Å². The van der Waals surface area contributed by atoms with E-state index in [1.54, 1.807) is 0 Å². The lowest BCUT2D eigenvalue weighted by atomic mass is 9.89. The molecule has 1 aromatic carbocycles. The van der Waals surface area contributed by atoms with Gasteiger partial charge in [0.15, 0.2) is 0 Å². The van der Waals surface area contributed by atoms with Gasteiger partial charge in [-0.25, -0.2) is 4.39 Å². The number of rotatable bonds is 4. The SMILES string of the molecule is CCC(N)(CC)C1=NC(=O)C(c2ccc(F)cc2)C(=O)N1. The Morgan fingerprint density at radius 3 is 2.29 bits per heavy atom. The Morgan fingerprint density at radius 2 is 1.81 bits per heavy atom. The number of benzene rings is 1. The number of amidine groups is 1. The highest BCUT2D eigenvalue weighted by Gasteiger charge is 2.39. The first kappa shape index (κ1) is 15.3. The lowest BCUT2D eigenvalue weighted by Gasteiger charge is -2.32. The molecule has 2 amide bonds. The lowest BCUT2D eigenvalue weighted by molar-refractivity contribution is -0.130. The summed E-state index contributed by atoms with van der Waals surface area (Å²) in [5, 5.41) is 2.62. The van der Waals surface area contributed by atoms with E-state index in [9.17, 15) is 14.0 Å². The normalized spacial score (nSPS) is 19.2. The molecule has 112 valence electrons. The Bertz CT molecular complexity index is 591. The molecule has 0 aliphatic carbocycles. The minimum atomic E-state index is -1.05. The lowest BCUT2D eigenvalue weighted by Crippen LogP contribution is -2.58. The fourth-order valence-corrected chi connectivity index (χ4v) is 2.27. The predicted octanol–water partition coefficient (Wildman–Crippen LogP) is 1.48. The molecular formula is C15H18FN3O2. The van der Waals surface area contributed by atoms with Crippen LogP contribution in [-0.4, -0.2) is 23.2 Å². The van der Waals surface area contributed by atoms with E-state index in [1.807, 2.05) is 13.8 Å². The Morgan fingerprint density at radius 1 is 1.24 bits per heavy atom. The van der Waals surface area contributed by atoms with Gasteiger partial charge in [-0.15, -0.1) is 0 Å². The third-order valence-electron chi connectivity index (χ3n) is 3.91. The molecule has 0 radical (unpaired) electrons. The van der Waals surface area contributed by atoms with Crippen molar-refractivity contribution in [3.8, 4) is 0 Å². The first-order valence-corrected chi connectivity index (χ1v) is 6.89. The molecule has 1 atom stereocenters. The van der Waals surface area contributed by atoms with Crippen molar-refractivity contribution in [3.05, 3.63) is 35.6 Å². The Hall–Kier alpha value is -2.08. The van der Waals surface area contributed by atoms with Crippen molar-refractivity contribution in [2.24, 2.45) is 10.7 Å². The van der Waals surface area contributed by atoms with Crippen LogP contribution in [0.1, 0.15) is 38.2 Å². The van der Waals surface area contributed by atoms with Crippen LogP contribution < -0.4 is 11.1 Å². The van der Waals surface area contributed by atoms with Crippen LogP contribution in [0.2, 0.25) is 0 Å². The first-order valence-electron chi connectivity index (χ1n) is 6.89. The Labute approximate surface area is 122 Å².